The van der Waals surface area contributed by atoms with Crippen LogP contribution in [-0.2, 0) is 180 Å². The van der Waals surface area contributed by atoms with Crippen molar-refractivity contribution in [3.8, 4) is 0 Å². The van der Waals surface area contributed by atoms with E-state index in [1.807, 2.05) is 317 Å². The minimum Gasteiger partial charge on any atom is -0.394 e. The van der Waals surface area contributed by atoms with Crippen molar-refractivity contribution in [2.75, 3.05) is 33.0 Å². The Kier molecular flexibility index (Phi) is 39.6. The van der Waals surface area contributed by atoms with Gasteiger partial charge in [-0.15, -0.1) is 0 Å². The molecule has 10 aromatic carbocycles. The van der Waals surface area contributed by atoms with E-state index in [9.17, 15) is 10.2 Å². The Bertz CT molecular complexity index is 5400. The number of ether oxygens (including phenoxy) is 24. The molecule has 0 aliphatic carbocycles. The second-order valence-electron chi connectivity index (χ2n) is 40.5. The minimum atomic E-state index is -1.28. The molecule has 20 aliphatic rings. The first kappa shape index (κ1) is 108. The first-order chi connectivity index (χ1) is 72.1. The number of aliphatic hydroxyl groups is 2. The molecule has 20 fully saturated rings. The van der Waals surface area contributed by atoms with E-state index in [1.54, 1.807) is 0 Å². The Morgan fingerprint density at radius 1 is 0.177 bits per heavy atom. The van der Waals surface area contributed by atoms with Gasteiger partial charge in [0.2, 0.25) is 0 Å². The lowest BCUT2D eigenvalue weighted by atomic mass is 9.83. The molecule has 30 rings (SSSR count). The number of fused-ring (bicyclic) bond motifs is 1. The van der Waals surface area contributed by atoms with E-state index < -0.39 is 215 Å². The van der Waals surface area contributed by atoms with Crippen LogP contribution in [0.2, 0.25) is 0 Å². The van der Waals surface area contributed by atoms with Gasteiger partial charge in [-0.1, -0.05) is 366 Å². The number of hydrogen-bond donors (Lipinski definition) is 2. The van der Waals surface area contributed by atoms with Gasteiger partial charge in [-0.25, -0.2) is 0 Å². The molecule has 15 unspecified atom stereocenters. The zero-order valence-electron chi connectivity index (χ0n) is 85.8. The number of aliphatic hydroxyl groups excluding tert-OH is 2. The van der Waals surface area contributed by atoms with Gasteiger partial charge in [0.1, 0.15) is 79.4 Å². The molecule has 0 radical (unpaired) electrons. The SMILES string of the molecule is CC[C@H]1O[C@@H]2O[C@@H]3C(COCc4ccccc4)O[C@H](O[C@H]4C(C)C(OCc5ccccc5)[C@H](O[C@@H]4CO)O[C@H]4C(C)C(OCc5ccccc5)[C@H](O[C@@H]4COCc4ccccc4)O[C@H]4C(C)C(OCc5ccccc5)[C@H](O[C@@H]4COCc4ccccc4)O[C@H]4C(OCc5ccccc5)C(OCc5ccccc5)[C@H](O[C@@H]4CC)O[C@H]4C(OCc5ccccc5)C(C)[C@H](O[C@@H]4CO)O[C@H]1C(OCc1ccccc1)C2C)C(C)C3C. The van der Waals surface area contributed by atoms with Gasteiger partial charge in [-0.3, -0.25) is 0 Å². The quantitative estimate of drug-likeness (QED) is 0.0366. The van der Waals surface area contributed by atoms with Gasteiger partial charge in [0.05, 0.1) is 148 Å². The molecule has 0 aromatic heterocycles. The van der Waals surface area contributed by atoms with Crippen LogP contribution in [0, 0.1) is 41.4 Å². The van der Waals surface area contributed by atoms with Crippen LogP contribution >= 0.6 is 0 Å². The van der Waals surface area contributed by atoms with Crippen LogP contribution in [0.25, 0.3) is 0 Å². The molecule has 26 heteroatoms. The average molecular weight is 2020 g/mol. The first-order valence-electron chi connectivity index (χ1n) is 52.9. The van der Waals surface area contributed by atoms with Crippen molar-refractivity contribution in [1.29, 1.82) is 0 Å². The average Bonchev–Trinajstić information content (AvgIpc) is 0.880. The van der Waals surface area contributed by atoms with Crippen molar-refractivity contribution in [1.82, 2.24) is 0 Å². The van der Waals surface area contributed by atoms with Gasteiger partial charge in [-0.05, 0) is 74.4 Å². The number of hydrogen-bond acceptors (Lipinski definition) is 26. The Hall–Kier alpha value is -8.84. The maximum atomic E-state index is 12.3. The van der Waals surface area contributed by atoms with Gasteiger partial charge < -0.3 is 124 Å². The Balaban J connectivity index is 0.777. The topological polar surface area (TPSA) is 262 Å². The summed E-state index contributed by atoms with van der Waals surface area (Å²) < 4.78 is 179. The van der Waals surface area contributed by atoms with Crippen LogP contribution < -0.4 is 0 Å². The third-order valence-electron chi connectivity index (χ3n) is 30.3. The van der Waals surface area contributed by atoms with Crippen LogP contribution in [0.3, 0.4) is 0 Å². The Morgan fingerprint density at radius 2 is 0.367 bits per heavy atom. The summed E-state index contributed by atoms with van der Waals surface area (Å²) in [7, 11) is 0. The molecule has 14 bridgehead atoms. The number of rotatable bonds is 37. The fraction of sp³-hybridized carbons (Fsp3) is 0.504. The van der Waals surface area contributed by atoms with E-state index in [0.29, 0.717) is 12.8 Å². The van der Waals surface area contributed by atoms with Crippen molar-refractivity contribution in [3.05, 3.63) is 359 Å². The molecule has 0 amide bonds. The largest absolute Gasteiger partial charge is 0.394 e. The highest BCUT2D eigenvalue weighted by molar-refractivity contribution is 5.23. The molecule has 35 atom stereocenters. The van der Waals surface area contributed by atoms with Gasteiger partial charge in [0.25, 0.3) is 0 Å². The second kappa shape index (κ2) is 53.9. The lowest BCUT2D eigenvalue weighted by Crippen LogP contribution is -2.67. The van der Waals surface area contributed by atoms with E-state index in [2.05, 4.69) is 48.5 Å². The summed E-state index contributed by atoms with van der Waals surface area (Å²) in [6, 6.07) is 100. The molecule has 26 nitrogen and oxygen atoms in total. The van der Waals surface area contributed by atoms with Crippen LogP contribution in [0.5, 0.6) is 0 Å². The van der Waals surface area contributed by atoms with Crippen molar-refractivity contribution in [2.45, 2.75) is 313 Å². The van der Waals surface area contributed by atoms with Gasteiger partial charge in [-0.2, -0.15) is 0 Å². The monoisotopic (exact) mass is 2020 g/mol. The predicted octanol–water partition coefficient (Wildman–Crippen LogP) is 18.8. The molecule has 2 N–H and O–H groups in total. The summed E-state index contributed by atoms with van der Waals surface area (Å²) in [5, 5.41) is 24.5. The maximum Gasteiger partial charge on any atom is 0.187 e. The maximum absolute atomic E-state index is 12.3. The summed E-state index contributed by atoms with van der Waals surface area (Å²) in [5.41, 5.74) is 9.17. The summed E-state index contributed by atoms with van der Waals surface area (Å²) in [4.78, 5) is 0. The molecular weight excluding hydrogens is 1870 g/mol. The van der Waals surface area contributed by atoms with Gasteiger partial charge in [0.15, 0.2) is 44.0 Å². The summed E-state index contributed by atoms with van der Waals surface area (Å²) in [6.45, 7) is 19.4. The zero-order valence-corrected chi connectivity index (χ0v) is 85.8. The summed E-state index contributed by atoms with van der Waals surface area (Å²) in [6.07, 6.45) is -26.1. The predicted molar refractivity (Wildman–Crippen MR) is 547 cm³/mol. The first-order valence-corrected chi connectivity index (χ1v) is 52.9. The molecule has 10 aromatic rings. The van der Waals surface area contributed by atoms with Crippen LogP contribution in [0.1, 0.15) is 131 Å². The zero-order chi connectivity index (χ0) is 101. The smallest absolute Gasteiger partial charge is 0.187 e. The Labute approximate surface area is 865 Å². The molecule has 0 spiro atoms. The van der Waals surface area contributed by atoms with Crippen LogP contribution in [0.15, 0.2) is 303 Å². The molecule has 20 aliphatic heterocycles. The highest BCUT2D eigenvalue weighted by atomic mass is 16.8. The minimum absolute atomic E-state index is 0.00404. The van der Waals surface area contributed by atoms with Gasteiger partial charge >= 0.3 is 0 Å². The molecule has 788 valence electrons. The molecule has 147 heavy (non-hydrogen) atoms. The molecular formula is C121H148O26. The van der Waals surface area contributed by atoms with Crippen molar-refractivity contribution in [2.24, 2.45) is 41.4 Å². The van der Waals surface area contributed by atoms with E-state index in [1.165, 1.54) is 0 Å². The van der Waals surface area contributed by atoms with E-state index in [0.717, 1.165) is 55.6 Å². The highest BCUT2D eigenvalue weighted by Crippen LogP contribution is 2.48. The van der Waals surface area contributed by atoms with Crippen molar-refractivity contribution in [3.63, 3.8) is 0 Å². The third-order valence-corrected chi connectivity index (χ3v) is 30.3. The lowest BCUT2D eigenvalue weighted by Gasteiger charge is -2.53. The van der Waals surface area contributed by atoms with Gasteiger partial charge in [0, 0.05) is 35.5 Å². The Morgan fingerprint density at radius 3 is 0.673 bits per heavy atom. The third kappa shape index (κ3) is 27.8. The van der Waals surface area contributed by atoms with Crippen molar-refractivity contribution < 1.29 is 124 Å². The van der Waals surface area contributed by atoms with Crippen LogP contribution in [-0.4, -0.2) is 215 Å². The van der Waals surface area contributed by atoms with E-state index in [4.69, 9.17) is 114 Å². The highest BCUT2D eigenvalue weighted by Gasteiger charge is 2.61. The number of benzene rings is 10. The fourth-order valence-electron chi connectivity index (χ4n) is 21.7. The standard InChI is InChI=1S/C121H148O26/c1-10-94-110-105(127-67-87-48-28-15-29-49-87)82(8)116(134-94)141-101-77(3)78(4)115(138-98(101)74-124-64-84-42-22-12-23-43-84)142-102-79(5)107(129-69-89-52-32-17-33-53-89)118(137-96(102)62-122)143-103-80(6)108(130-70-90-54-34-18-35-55-90)119(139-99(103)75-125-65-85-44-24-13-25-45-85)144-104-81(7)109(131-71-91-56-36-19-37-57-91)120(140-100(104)76-126-66-86-46-26-14-27-47-86)146-111-95(11-2)135-121(114(133-73-93-60-40-21-41-61-93)113(111)132-72-92-58-38-20-39-59-92)147-112-97(63-123)136-117(145-110)83(9)106(112)128-68-88-50-30-16-31-51-88/h12-61,77-83,94-123H,10-11,62-76H2,1-9H3/t77?,78?,79?,80?,81?,82?,83?,94-,95-,96-,97-,98?,99-,100-,101+,102+,103+,104+,105?,106?,107?,108?,109?,110-,111-,112-,113?,114?,115-,116-,117-,118-,119-,120-,121-/m1/s1. The summed E-state index contributed by atoms with van der Waals surface area (Å²) in [5.74, 6) is -3.69. The lowest BCUT2D eigenvalue weighted by molar-refractivity contribution is -0.398. The van der Waals surface area contributed by atoms with E-state index >= 15 is 0 Å². The molecule has 0 saturated carbocycles. The second-order valence-corrected chi connectivity index (χ2v) is 40.5. The molecule has 20 saturated heterocycles. The summed E-state index contributed by atoms with van der Waals surface area (Å²) >= 11 is 0. The normalized spacial score (nSPS) is 34.4. The van der Waals surface area contributed by atoms with E-state index in [-0.39, 0.29) is 97.7 Å². The molecule has 20 heterocycles. The fourth-order valence-corrected chi connectivity index (χ4v) is 21.7. The van der Waals surface area contributed by atoms with Crippen LogP contribution in [0.4, 0.5) is 0 Å². The van der Waals surface area contributed by atoms with Crippen molar-refractivity contribution >= 4 is 0 Å².